The molecule has 6 nitrogen and oxygen atoms in total. The minimum absolute atomic E-state index is 0.0494. The zero-order chi connectivity index (χ0) is 22.4. The summed E-state index contributed by atoms with van der Waals surface area (Å²) >= 11 is 12.1. The van der Waals surface area contributed by atoms with Crippen LogP contribution in [0.5, 0.6) is 0 Å². The number of nitrogens with one attached hydrogen (secondary N) is 1. The van der Waals surface area contributed by atoms with Crippen LogP contribution in [0, 0.1) is 5.92 Å². The highest BCUT2D eigenvalue weighted by Crippen LogP contribution is 2.28. The number of carboxylic acid groups (broad SMARTS) is 1. The highest BCUT2D eigenvalue weighted by molar-refractivity contribution is 6.87. The van der Waals surface area contributed by atoms with Crippen molar-refractivity contribution in [2.75, 3.05) is 13.2 Å². The van der Waals surface area contributed by atoms with Gasteiger partial charge in [0, 0.05) is 11.2 Å². The third-order valence-electron chi connectivity index (χ3n) is 4.66. The number of halogens is 2. The maximum absolute atomic E-state index is 12.5. The van der Waals surface area contributed by atoms with Gasteiger partial charge in [-0.2, -0.15) is 0 Å². The van der Waals surface area contributed by atoms with E-state index in [2.05, 4.69) is 10.3 Å². The third kappa shape index (κ3) is 5.90. The van der Waals surface area contributed by atoms with Crippen molar-refractivity contribution in [1.82, 2.24) is 5.32 Å². The van der Waals surface area contributed by atoms with Crippen LogP contribution in [-0.4, -0.2) is 43.2 Å². The molecule has 159 valence electrons. The summed E-state index contributed by atoms with van der Waals surface area (Å²) in [5, 5.41) is 13.4. The number of nitrogens with zero attached hydrogens (tertiary/aromatic N) is 1. The molecular weight excluding hydrogens is 438 g/mol. The summed E-state index contributed by atoms with van der Waals surface area (Å²) in [6.07, 6.45) is 0.352. The van der Waals surface area contributed by atoms with E-state index in [1.807, 2.05) is 30.3 Å². The van der Waals surface area contributed by atoms with Crippen LogP contribution >= 0.6 is 23.2 Å². The molecule has 0 bridgehead atoms. The van der Waals surface area contributed by atoms with E-state index < -0.39 is 17.9 Å². The summed E-state index contributed by atoms with van der Waals surface area (Å²) in [5.41, 5.74) is 2.70. The van der Waals surface area contributed by atoms with Gasteiger partial charge < -0.3 is 15.2 Å². The maximum atomic E-state index is 12.5. The molecule has 2 aromatic carbocycles. The second-order valence-electron chi connectivity index (χ2n) is 6.86. The Labute approximate surface area is 191 Å². The van der Waals surface area contributed by atoms with E-state index in [9.17, 15) is 14.7 Å². The largest absolute Gasteiger partial charge is 0.481 e. The van der Waals surface area contributed by atoms with Gasteiger partial charge in [-0.1, -0.05) is 59.6 Å². The standard InChI is InChI=1S/C22H20BCl2N2O4/c1-2-31-21(30)18-19(14-8-9-16(24)17(25)11-14)27-22(23-18)26-12-15(20(28)29)10-13-6-4-3-5-7-13/h3-9,11,15H,2,10,12H2,1H3,(H,26,27)(H,28,29). The van der Waals surface area contributed by atoms with E-state index in [0.29, 0.717) is 33.5 Å². The normalized spacial score (nSPS) is 15.4. The summed E-state index contributed by atoms with van der Waals surface area (Å²) in [7, 11) is 1.55. The molecule has 2 N–H and O–H groups in total. The summed E-state index contributed by atoms with van der Waals surface area (Å²) in [6, 6.07) is 14.4. The van der Waals surface area contributed by atoms with Gasteiger partial charge in [-0.05, 0) is 36.6 Å². The minimum Gasteiger partial charge on any atom is -0.481 e. The van der Waals surface area contributed by atoms with Crippen molar-refractivity contribution in [3.8, 4) is 0 Å². The lowest BCUT2D eigenvalue weighted by Crippen LogP contribution is -2.25. The van der Waals surface area contributed by atoms with E-state index in [-0.39, 0.29) is 18.6 Å². The average Bonchev–Trinajstić information content (AvgIpc) is 3.18. The van der Waals surface area contributed by atoms with Crippen LogP contribution in [0.3, 0.4) is 0 Å². The van der Waals surface area contributed by atoms with Crippen molar-refractivity contribution in [3.05, 3.63) is 75.2 Å². The number of aliphatic imine (C=N–C) groups is 1. The first-order valence-electron chi connectivity index (χ1n) is 9.68. The summed E-state index contributed by atoms with van der Waals surface area (Å²) in [4.78, 5) is 28.6. The van der Waals surface area contributed by atoms with Crippen molar-refractivity contribution < 1.29 is 19.4 Å². The molecule has 0 spiro atoms. The second-order valence-corrected chi connectivity index (χ2v) is 7.67. The number of hydrogen-bond acceptors (Lipinski definition) is 4. The van der Waals surface area contributed by atoms with Gasteiger partial charge in [0.15, 0.2) is 0 Å². The van der Waals surface area contributed by atoms with Gasteiger partial charge in [-0.15, -0.1) is 0 Å². The Morgan fingerprint density at radius 3 is 2.55 bits per heavy atom. The zero-order valence-corrected chi connectivity index (χ0v) is 18.3. The molecule has 3 rings (SSSR count). The Morgan fingerprint density at radius 2 is 1.90 bits per heavy atom. The number of esters is 1. The molecule has 31 heavy (non-hydrogen) atoms. The molecule has 0 saturated heterocycles. The Hall–Kier alpha value is -2.77. The van der Waals surface area contributed by atoms with Crippen LogP contribution in [-0.2, 0) is 20.7 Å². The van der Waals surface area contributed by atoms with Crippen molar-refractivity contribution in [2.24, 2.45) is 10.9 Å². The number of ether oxygens (including phenoxy) is 1. The van der Waals surface area contributed by atoms with E-state index in [0.717, 1.165) is 5.56 Å². The fraction of sp³-hybridized carbons (Fsp3) is 0.227. The molecule has 0 fully saturated rings. The van der Waals surface area contributed by atoms with Crippen molar-refractivity contribution in [2.45, 2.75) is 13.3 Å². The Morgan fingerprint density at radius 1 is 1.16 bits per heavy atom. The van der Waals surface area contributed by atoms with Gasteiger partial charge in [0.1, 0.15) is 0 Å². The third-order valence-corrected chi connectivity index (χ3v) is 5.40. The molecular formula is C22H20BCl2N2O4. The maximum Gasteiger partial charge on any atom is 0.326 e. The molecule has 0 aromatic heterocycles. The van der Waals surface area contributed by atoms with E-state index in [1.54, 1.807) is 32.4 Å². The van der Waals surface area contributed by atoms with Crippen molar-refractivity contribution in [3.63, 3.8) is 0 Å². The SMILES string of the molecule is CCOC(=O)C1=C(c2ccc(Cl)c(Cl)c2)NC(=NCC(Cc2ccccc2)C(=O)O)[B]1. The van der Waals surface area contributed by atoms with Crippen LogP contribution in [0.1, 0.15) is 18.1 Å². The van der Waals surface area contributed by atoms with E-state index in [4.69, 9.17) is 27.9 Å². The van der Waals surface area contributed by atoms with Crippen molar-refractivity contribution >= 4 is 53.9 Å². The first-order valence-corrected chi connectivity index (χ1v) is 10.4. The number of carbonyl (C=O) groups is 2. The molecule has 1 radical (unpaired) electrons. The molecule has 2 aromatic rings. The number of aliphatic carboxylic acids is 1. The Balaban J connectivity index is 1.81. The Kier molecular flexibility index (Phi) is 7.77. The van der Waals surface area contributed by atoms with Crippen LogP contribution < -0.4 is 5.32 Å². The van der Waals surface area contributed by atoms with Crippen molar-refractivity contribution in [1.29, 1.82) is 0 Å². The molecule has 1 aliphatic heterocycles. The first kappa shape index (κ1) is 22.9. The van der Waals surface area contributed by atoms with E-state index >= 15 is 0 Å². The predicted octanol–water partition coefficient (Wildman–Crippen LogP) is 3.83. The Bertz CT molecular complexity index is 1040. The van der Waals surface area contributed by atoms with Crippen LogP contribution in [0.15, 0.2) is 59.0 Å². The van der Waals surface area contributed by atoms with Crippen LogP contribution in [0.2, 0.25) is 10.0 Å². The average molecular weight is 458 g/mol. The summed E-state index contributed by atoms with van der Waals surface area (Å²) in [5.74, 6) is -2.15. The zero-order valence-electron chi connectivity index (χ0n) is 16.8. The van der Waals surface area contributed by atoms with Gasteiger partial charge in [0.05, 0.1) is 34.8 Å². The molecule has 9 heteroatoms. The lowest BCUT2D eigenvalue weighted by atomic mass is 9.69. The molecule has 1 atom stereocenters. The fourth-order valence-electron chi connectivity index (χ4n) is 3.11. The number of carbonyl (C=O) groups excluding carboxylic acids is 1. The quantitative estimate of drug-likeness (QED) is 0.464. The van der Waals surface area contributed by atoms with Gasteiger partial charge >= 0.3 is 11.9 Å². The highest BCUT2D eigenvalue weighted by atomic mass is 35.5. The molecule has 1 unspecified atom stereocenters. The first-order chi connectivity index (χ1) is 14.9. The van der Waals surface area contributed by atoms with Gasteiger partial charge in [0.25, 0.3) is 7.28 Å². The lowest BCUT2D eigenvalue weighted by molar-refractivity contribution is -0.141. The predicted molar refractivity (Wildman–Crippen MR) is 122 cm³/mol. The highest BCUT2D eigenvalue weighted by Gasteiger charge is 2.29. The fourth-order valence-corrected chi connectivity index (χ4v) is 3.41. The van der Waals surface area contributed by atoms with Gasteiger partial charge in [0.2, 0.25) is 0 Å². The van der Waals surface area contributed by atoms with Crippen LogP contribution in [0.25, 0.3) is 5.70 Å². The number of carboxylic acids is 1. The molecule has 0 aliphatic carbocycles. The molecule has 0 amide bonds. The second kappa shape index (κ2) is 10.5. The van der Waals surface area contributed by atoms with Gasteiger partial charge in [-0.3, -0.25) is 9.79 Å². The number of rotatable bonds is 8. The monoisotopic (exact) mass is 457 g/mol. The van der Waals surface area contributed by atoms with Gasteiger partial charge in [-0.25, -0.2) is 4.79 Å². The number of benzene rings is 2. The number of hydrogen-bond donors (Lipinski definition) is 2. The smallest absolute Gasteiger partial charge is 0.326 e. The summed E-state index contributed by atoms with van der Waals surface area (Å²) in [6.45, 7) is 1.99. The topological polar surface area (TPSA) is 88.0 Å². The molecule has 1 aliphatic rings. The van der Waals surface area contributed by atoms with E-state index in [1.165, 1.54) is 0 Å². The minimum atomic E-state index is -0.936. The lowest BCUT2D eigenvalue weighted by Gasteiger charge is -2.12. The van der Waals surface area contributed by atoms with Crippen LogP contribution in [0.4, 0.5) is 0 Å². The summed E-state index contributed by atoms with van der Waals surface area (Å²) < 4.78 is 5.15. The number of amidine groups is 1. The molecule has 1 heterocycles. The molecule has 0 saturated carbocycles.